The molecule has 2 aromatic carbocycles. The third-order valence-electron chi connectivity index (χ3n) is 4.68. The molecule has 1 amide bonds. The van der Waals surface area contributed by atoms with Crippen molar-refractivity contribution in [3.05, 3.63) is 52.0 Å². The summed E-state index contributed by atoms with van der Waals surface area (Å²) in [4.78, 5) is 14.8. The topological polar surface area (TPSA) is 41.6 Å². The number of aryl methyl sites for hydroxylation is 1. The van der Waals surface area contributed by atoms with Crippen LogP contribution in [0.1, 0.15) is 31.2 Å². The minimum Gasteiger partial charge on any atom is -0.483 e. The number of carbonyl (C=O) groups excluding carboxylic acids is 1. The molecule has 1 saturated heterocycles. The number of halogens is 2. The molecule has 1 aliphatic rings. The Kier molecular flexibility index (Phi) is 6.86. The van der Waals surface area contributed by atoms with Crippen molar-refractivity contribution in [2.45, 2.75) is 32.6 Å². The van der Waals surface area contributed by atoms with Gasteiger partial charge < -0.3 is 15.0 Å². The van der Waals surface area contributed by atoms with Crippen LogP contribution in [0.25, 0.3) is 0 Å². The summed E-state index contributed by atoms with van der Waals surface area (Å²) in [6.07, 6.45) is 4.82. The van der Waals surface area contributed by atoms with E-state index in [0.29, 0.717) is 15.8 Å². The Hall–Kier alpha value is -1.91. The van der Waals surface area contributed by atoms with Crippen LogP contribution < -0.4 is 15.0 Å². The maximum Gasteiger partial charge on any atom is 0.262 e. The minimum absolute atomic E-state index is 0.0750. The van der Waals surface area contributed by atoms with Crippen LogP contribution in [0.15, 0.2) is 36.4 Å². The molecule has 2 aromatic rings. The largest absolute Gasteiger partial charge is 0.483 e. The number of nitrogens with zero attached hydrogens (tertiary/aromatic N) is 1. The summed E-state index contributed by atoms with van der Waals surface area (Å²) >= 11 is 12.1. The van der Waals surface area contributed by atoms with Gasteiger partial charge in [-0.3, -0.25) is 4.79 Å². The first-order chi connectivity index (χ1) is 13.0. The van der Waals surface area contributed by atoms with Gasteiger partial charge in [0.1, 0.15) is 5.75 Å². The van der Waals surface area contributed by atoms with Crippen LogP contribution in [-0.2, 0) is 4.79 Å². The van der Waals surface area contributed by atoms with Crippen LogP contribution >= 0.6 is 23.2 Å². The van der Waals surface area contributed by atoms with E-state index in [4.69, 9.17) is 27.9 Å². The number of amides is 1. The van der Waals surface area contributed by atoms with Crippen molar-refractivity contribution >= 4 is 40.5 Å². The van der Waals surface area contributed by atoms with Gasteiger partial charge >= 0.3 is 0 Å². The van der Waals surface area contributed by atoms with Crippen molar-refractivity contribution in [1.29, 1.82) is 0 Å². The number of hydrogen-bond donors (Lipinski definition) is 1. The third-order valence-corrected chi connectivity index (χ3v) is 5.15. The second-order valence-electron chi connectivity index (χ2n) is 6.81. The summed E-state index contributed by atoms with van der Waals surface area (Å²) in [7, 11) is 0. The number of hydrogen-bond acceptors (Lipinski definition) is 3. The second-order valence-corrected chi connectivity index (χ2v) is 7.68. The lowest BCUT2D eigenvalue weighted by atomic mass is 10.2. The van der Waals surface area contributed by atoms with Crippen LogP contribution in [0.4, 0.5) is 11.4 Å². The molecule has 4 nitrogen and oxygen atoms in total. The van der Waals surface area contributed by atoms with Gasteiger partial charge in [0.15, 0.2) is 6.61 Å². The Morgan fingerprint density at radius 2 is 1.70 bits per heavy atom. The molecule has 3 rings (SSSR count). The number of carbonyl (C=O) groups is 1. The van der Waals surface area contributed by atoms with Crippen molar-refractivity contribution in [2.75, 3.05) is 29.9 Å². The molecule has 0 bridgehead atoms. The van der Waals surface area contributed by atoms with Crippen LogP contribution in [-0.4, -0.2) is 25.6 Å². The molecule has 1 aliphatic heterocycles. The molecule has 144 valence electrons. The van der Waals surface area contributed by atoms with Gasteiger partial charge in [-0.25, -0.2) is 0 Å². The van der Waals surface area contributed by atoms with Crippen LogP contribution in [0, 0.1) is 6.92 Å². The minimum atomic E-state index is -0.220. The third kappa shape index (κ3) is 5.53. The number of nitrogens with one attached hydrogen (secondary N) is 1. The van der Waals surface area contributed by atoms with Crippen LogP contribution in [0.5, 0.6) is 5.75 Å². The summed E-state index contributed by atoms with van der Waals surface area (Å²) in [5.41, 5.74) is 2.63. The summed E-state index contributed by atoms with van der Waals surface area (Å²) in [6.45, 7) is 3.80. The van der Waals surface area contributed by atoms with Crippen LogP contribution in [0.3, 0.4) is 0 Å². The zero-order chi connectivity index (χ0) is 19.2. The summed E-state index contributed by atoms with van der Waals surface area (Å²) < 4.78 is 5.64. The Morgan fingerprint density at radius 1 is 1.04 bits per heavy atom. The number of anilines is 2. The van der Waals surface area contributed by atoms with Crippen molar-refractivity contribution < 1.29 is 9.53 Å². The highest BCUT2D eigenvalue weighted by atomic mass is 35.5. The average Bonchev–Trinajstić information content (AvgIpc) is 2.90. The zero-order valence-corrected chi connectivity index (χ0v) is 16.9. The molecule has 0 spiro atoms. The molecule has 0 atom stereocenters. The molecule has 0 saturated carbocycles. The average molecular weight is 407 g/mol. The van der Waals surface area contributed by atoms with Crippen LogP contribution in [0.2, 0.25) is 10.0 Å². The molecular weight excluding hydrogens is 383 g/mol. The van der Waals surface area contributed by atoms with Gasteiger partial charge in [0, 0.05) is 23.1 Å². The fourth-order valence-electron chi connectivity index (χ4n) is 3.30. The lowest BCUT2D eigenvalue weighted by Gasteiger charge is -2.25. The first kappa shape index (κ1) is 19.8. The predicted octanol–water partition coefficient (Wildman–Crippen LogP) is 5.70. The summed E-state index contributed by atoms with van der Waals surface area (Å²) in [6, 6.07) is 11.0. The maximum atomic E-state index is 12.5. The van der Waals surface area contributed by atoms with E-state index < -0.39 is 0 Å². The lowest BCUT2D eigenvalue weighted by Crippen LogP contribution is -2.27. The van der Waals surface area contributed by atoms with E-state index in [1.165, 1.54) is 12.8 Å². The summed E-state index contributed by atoms with van der Waals surface area (Å²) in [5, 5.41) is 4.19. The fraction of sp³-hybridized carbons (Fsp3) is 0.381. The van der Waals surface area contributed by atoms with E-state index in [2.05, 4.69) is 10.2 Å². The Balaban J connectivity index is 1.68. The predicted molar refractivity (Wildman–Crippen MR) is 112 cm³/mol. The highest BCUT2D eigenvalue weighted by molar-refractivity contribution is 6.31. The molecule has 27 heavy (non-hydrogen) atoms. The molecular formula is C21H24Cl2N2O2. The van der Waals surface area contributed by atoms with E-state index in [9.17, 15) is 4.79 Å². The molecule has 6 heteroatoms. The second kappa shape index (κ2) is 9.34. The zero-order valence-electron chi connectivity index (χ0n) is 15.4. The van der Waals surface area contributed by atoms with E-state index >= 15 is 0 Å². The van der Waals surface area contributed by atoms with E-state index in [0.717, 1.165) is 42.9 Å². The van der Waals surface area contributed by atoms with Crippen molar-refractivity contribution in [1.82, 2.24) is 0 Å². The molecule has 0 aliphatic carbocycles. The number of ether oxygens (including phenoxy) is 1. The van der Waals surface area contributed by atoms with Gasteiger partial charge in [0.25, 0.3) is 5.91 Å². The Morgan fingerprint density at radius 3 is 2.41 bits per heavy atom. The maximum absolute atomic E-state index is 12.5. The van der Waals surface area contributed by atoms with E-state index in [-0.39, 0.29) is 12.5 Å². The van der Waals surface area contributed by atoms with Gasteiger partial charge in [-0.05, 0) is 61.7 Å². The molecule has 0 unspecified atom stereocenters. The number of benzene rings is 2. The molecule has 1 fully saturated rings. The standard InChI is InChI=1S/C21H24Cl2N2O2/c1-15-12-16(22)7-9-20(15)27-14-21(26)24-18-13-17(23)6-8-19(18)25-10-4-2-3-5-11-25/h6-9,12-13H,2-5,10-11,14H2,1H3,(H,24,26). The Bertz CT molecular complexity index is 803. The van der Waals surface area contributed by atoms with Gasteiger partial charge in [0.2, 0.25) is 0 Å². The van der Waals surface area contributed by atoms with Gasteiger partial charge in [-0.1, -0.05) is 36.0 Å². The highest BCUT2D eigenvalue weighted by Crippen LogP contribution is 2.31. The normalized spacial score (nSPS) is 14.6. The highest BCUT2D eigenvalue weighted by Gasteiger charge is 2.16. The Labute approximate surface area is 170 Å². The fourth-order valence-corrected chi connectivity index (χ4v) is 3.70. The van der Waals surface area contributed by atoms with E-state index in [1.54, 1.807) is 18.2 Å². The van der Waals surface area contributed by atoms with Gasteiger partial charge in [-0.15, -0.1) is 0 Å². The molecule has 0 radical (unpaired) electrons. The molecule has 1 N–H and O–H groups in total. The molecule has 1 heterocycles. The first-order valence-electron chi connectivity index (χ1n) is 9.26. The monoisotopic (exact) mass is 406 g/mol. The first-order valence-corrected chi connectivity index (χ1v) is 10.0. The molecule has 0 aromatic heterocycles. The lowest BCUT2D eigenvalue weighted by molar-refractivity contribution is -0.118. The quantitative estimate of drug-likeness (QED) is 0.691. The number of rotatable bonds is 5. The van der Waals surface area contributed by atoms with Crippen molar-refractivity contribution in [3.63, 3.8) is 0 Å². The van der Waals surface area contributed by atoms with Gasteiger partial charge in [0.05, 0.1) is 11.4 Å². The van der Waals surface area contributed by atoms with Crippen molar-refractivity contribution in [3.8, 4) is 5.75 Å². The van der Waals surface area contributed by atoms with Gasteiger partial charge in [-0.2, -0.15) is 0 Å². The van der Waals surface area contributed by atoms with E-state index in [1.807, 2.05) is 25.1 Å². The van der Waals surface area contributed by atoms with Crippen molar-refractivity contribution in [2.24, 2.45) is 0 Å². The summed E-state index contributed by atoms with van der Waals surface area (Å²) in [5.74, 6) is 0.427. The smallest absolute Gasteiger partial charge is 0.262 e. The SMILES string of the molecule is Cc1cc(Cl)ccc1OCC(=O)Nc1cc(Cl)ccc1N1CCCCCC1.